The molecule has 2 amide bonds. The predicted octanol–water partition coefficient (Wildman–Crippen LogP) is 5.84. The zero-order chi connectivity index (χ0) is 55.5. The second kappa shape index (κ2) is 33.3. The van der Waals surface area contributed by atoms with Gasteiger partial charge in [-0.25, -0.2) is 13.6 Å². The maximum absolute atomic E-state index is 14.9. The number of aromatic nitrogens is 2. The average Bonchev–Trinajstić information content (AvgIpc) is 3.70. The molecule has 3 N–H and O–H groups in total. The van der Waals surface area contributed by atoms with Crippen molar-refractivity contribution in [2.75, 3.05) is 91.6 Å². The Kier molecular flexibility index (Phi) is 26.7. The Morgan fingerprint density at radius 3 is 1.88 bits per heavy atom. The van der Waals surface area contributed by atoms with E-state index in [0.717, 1.165) is 38.9 Å². The van der Waals surface area contributed by atoms with Gasteiger partial charge >= 0.3 is 11.7 Å². The van der Waals surface area contributed by atoms with Crippen molar-refractivity contribution in [3.63, 3.8) is 0 Å². The number of carboxylic acid groups (broad SMARTS) is 1. The van der Waals surface area contributed by atoms with Crippen LogP contribution in [0.25, 0.3) is 11.1 Å². The van der Waals surface area contributed by atoms with Crippen LogP contribution < -0.4 is 17.0 Å². The molecule has 0 bridgehead atoms. The molecule has 0 aliphatic carbocycles. The molecule has 418 valence electrons. The van der Waals surface area contributed by atoms with Crippen LogP contribution in [0.3, 0.4) is 0 Å². The Bertz CT molecular complexity index is 2720. The van der Waals surface area contributed by atoms with Gasteiger partial charge in [-0.15, -0.1) is 11.8 Å². The summed E-state index contributed by atoms with van der Waals surface area (Å²) in [5.74, 6) is -4.89. The summed E-state index contributed by atoms with van der Waals surface area (Å²) in [6.07, 6.45) is 3.18. The number of rotatable bonds is 39. The monoisotopic (exact) mass is 1090 g/mol. The molecule has 4 aromatic rings. The molecular weight excluding hydrogens is 1020 g/mol. The van der Waals surface area contributed by atoms with Crippen LogP contribution in [0.4, 0.5) is 8.78 Å². The van der Waals surface area contributed by atoms with E-state index in [-0.39, 0.29) is 84.7 Å². The molecule has 77 heavy (non-hydrogen) atoms. The number of Topliss-reactive ketones (excluding diaryl/α,β-unsaturated/α-hetero) is 2. The van der Waals surface area contributed by atoms with Crippen LogP contribution in [0.5, 0.6) is 0 Å². The SMILES string of the molecule is CCCN1C(=O)C=C(SCC(CC(=O)CCOCCOCCOCCOCCOCCOCCCC(=O)CCc2cccc(-c3c(C)n(Cc4c(F)cccc4F)c(=O)n(C[C@H](N)c4ccccc4)c3=O)c2)C(=O)O)C1=O. The van der Waals surface area contributed by atoms with Gasteiger partial charge in [0.25, 0.3) is 17.4 Å². The highest BCUT2D eigenvalue weighted by molar-refractivity contribution is 8.04. The van der Waals surface area contributed by atoms with Crippen molar-refractivity contribution in [1.82, 2.24) is 14.0 Å². The Balaban J connectivity index is 0.880. The third-order valence-electron chi connectivity index (χ3n) is 12.4. The van der Waals surface area contributed by atoms with Crippen LogP contribution >= 0.6 is 11.8 Å². The van der Waals surface area contributed by atoms with E-state index in [1.165, 1.54) is 16.7 Å². The number of carbonyl (C=O) groups excluding carboxylic acids is 4. The Morgan fingerprint density at radius 2 is 1.29 bits per heavy atom. The summed E-state index contributed by atoms with van der Waals surface area (Å²) < 4.78 is 65.0. The molecule has 0 saturated heterocycles. The third-order valence-corrected chi connectivity index (χ3v) is 13.6. The quantitative estimate of drug-likeness (QED) is 0.0395. The van der Waals surface area contributed by atoms with Gasteiger partial charge in [0, 0.05) is 68.0 Å². The molecule has 0 spiro atoms. The largest absolute Gasteiger partial charge is 0.481 e. The number of aliphatic carboxylic acids is 1. The van der Waals surface area contributed by atoms with Gasteiger partial charge in [-0.3, -0.25) is 42.8 Å². The number of ether oxygens (including phenoxy) is 6. The number of nitrogens with zero attached hydrogens (tertiary/aromatic N) is 3. The van der Waals surface area contributed by atoms with Gasteiger partial charge < -0.3 is 39.3 Å². The van der Waals surface area contributed by atoms with Gasteiger partial charge in [-0.05, 0) is 55.0 Å². The second-order valence-electron chi connectivity index (χ2n) is 18.1. The minimum absolute atomic E-state index is 0.00824. The molecule has 1 unspecified atom stereocenters. The van der Waals surface area contributed by atoms with E-state index < -0.39 is 59.2 Å². The second-order valence-corrected chi connectivity index (χ2v) is 19.2. The normalized spacial score (nSPS) is 13.3. The molecule has 3 aromatic carbocycles. The van der Waals surface area contributed by atoms with Crippen molar-refractivity contribution >= 4 is 41.1 Å². The zero-order valence-corrected chi connectivity index (χ0v) is 44.6. The number of aryl methyl sites for hydroxylation is 1. The number of halogens is 2. The summed E-state index contributed by atoms with van der Waals surface area (Å²) >= 11 is 0.976. The lowest BCUT2D eigenvalue weighted by atomic mass is 9.99. The van der Waals surface area contributed by atoms with Crippen LogP contribution in [0.15, 0.2) is 93.4 Å². The van der Waals surface area contributed by atoms with Crippen molar-refractivity contribution in [3.05, 3.63) is 139 Å². The number of nitrogens with two attached hydrogens (primary N) is 1. The van der Waals surface area contributed by atoms with Gasteiger partial charge in [-0.2, -0.15) is 0 Å². The Labute approximate surface area is 450 Å². The van der Waals surface area contributed by atoms with Crippen molar-refractivity contribution < 1.29 is 66.3 Å². The molecule has 1 aliphatic heterocycles. The summed E-state index contributed by atoms with van der Waals surface area (Å²) in [4.78, 5) is 90.7. The smallest absolute Gasteiger partial charge is 0.331 e. The topological polar surface area (TPSA) is 234 Å². The number of imide groups is 1. The van der Waals surface area contributed by atoms with Crippen molar-refractivity contribution in [3.8, 4) is 11.1 Å². The average molecular weight is 1090 g/mol. The first-order chi connectivity index (χ1) is 37.2. The lowest BCUT2D eigenvalue weighted by molar-refractivity contribution is -0.143. The number of carboxylic acids is 1. The molecule has 1 aromatic heterocycles. The molecular formula is C56H70F2N4O14S. The van der Waals surface area contributed by atoms with Crippen LogP contribution in [0.2, 0.25) is 0 Å². The number of carbonyl (C=O) groups is 5. The molecule has 18 nitrogen and oxygen atoms in total. The first-order valence-electron chi connectivity index (χ1n) is 25.8. The van der Waals surface area contributed by atoms with E-state index in [2.05, 4.69) is 0 Å². The summed E-state index contributed by atoms with van der Waals surface area (Å²) in [5.41, 5.74) is 7.22. The highest BCUT2D eigenvalue weighted by Crippen LogP contribution is 2.28. The van der Waals surface area contributed by atoms with Crippen molar-refractivity contribution in [2.45, 2.75) is 77.9 Å². The van der Waals surface area contributed by atoms with E-state index in [1.54, 1.807) is 49.4 Å². The molecule has 0 saturated carbocycles. The minimum atomic E-state index is -1.15. The summed E-state index contributed by atoms with van der Waals surface area (Å²) in [6.45, 7) is 6.99. The van der Waals surface area contributed by atoms with E-state index in [9.17, 15) is 47.4 Å². The molecule has 0 radical (unpaired) electrons. The first kappa shape index (κ1) is 61.8. The van der Waals surface area contributed by atoms with Crippen LogP contribution in [0.1, 0.15) is 73.9 Å². The molecule has 0 fully saturated rings. The van der Waals surface area contributed by atoms with E-state index in [4.69, 9.17) is 34.2 Å². The maximum atomic E-state index is 14.9. The van der Waals surface area contributed by atoms with Crippen LogP contribution in [-0.4, -0.2) is 140 Å². The maximum Gasteiger partial charge on any atom is 0.331 e. The Morgan fingerprint density at radius 1 is 0.701 bits per heavy atom. The fourth-order valence-corrected chi connectivity index (χ4v) is 9.24. The number of benzene rings is 3. The summed E-state index contributed by atoms with van der Waals surface area (Å²) in [5, 5.41) is 9.57. The summed E-state index contributed by atoms with van der Waals surface area (Å²) in [6, 6.07) is 18.9. The molecule has 2 heterocycles. The standard InChI is InChI=1S/C56H70F2N4O14S/c1-3-20-60-51(65)35-50(53(60)66)77-38-43(55(68)69)34-45(64)19-22-72-24-26-74-28-30-76-32-31-75-29-27-73-25-23-71-21-9-14-44(63)18-17-40-10-7-13-42(33-40)52-39(2)61(36-46-47(57)15-8-16-48(46)58)56(70)62(54(52)67)37-49(59)41-11-5-4-6-12-41/h4-8,10-13,15-16,33,35,43,49H,3,9,14,17-32,34,36-38,59H2,1-2H3,(H,68,69)/t43?,49-/m0/s1. The predicted molar refractivity (Wildman–Crippen MR) is 284 cm³/mol. The van der Waals surface area contributed by atoms with E-state index in [0.29, 0.717) is 103 Å². The number of ketones is 2. The van der Waals surface area contributed by atoms with Crippen molar-refractivity contribution in [2.24, 2.45) is 11.7 Å². The minimum Gasteiger partial charge on any atom is -0.481 e. The number of hydrogen-bond acceptors (Lipinski definition) is 15. The van der Waals surface area contributed by atoms with Gasteiger partial charge in [0.15, 0.2) is 0 Å². The Hall–Kier alpha value is -6.04. The van der Waals surface area contributed by atoms with Gasteiger partial charge in [0.1, 0.15) is 23.2 Å². The first-order valence-corrected chi connectivity index (χ1v) is 26.8. The highest BCUT2D eigenvalue weighted by atomic mass is 32.2. The van der Waals surface area contributed by atoms with Gasteiger partial charge in [0.2, 0.25) is 0 Å². The molecule has 5 rings (SSSR count). The molecule has 2 atom stereocenters. The number of amides is 2. The lowest BCUT2D eigenvalue weighted by Crippen LogP contribution is -2.44. The fourth-order valence-electron chi connectivity index (χ4n) is 8.18. The number of hydrogen-bond donors (Lipinski definition) is 2. The van der Waals surface area contributed by atoms with Crippen LogP contribution in [-0.2, 0) is 71.9 Å². The molecule has 1 aliphatic rings. The van der Waals surface area contributed by atoms with E-state index in [1.807, 2.05) is 19.1 Å². The lowest BCUT2D eigenvalue weighted by Gasteiger charge is -2.20. The van der Waals surface area contributed by atoms with E-state index >= 15 is 0 Å². The third kappa shape index (κ3) is 20.0. The number of thioether (sulfide) groups is 1. The van der Waals surface area contributed by atoms with Crippen LogP contribution in [0, 0.1) is 24.5 Å². The fraction of sp³-hybridized carbons (Fsp3) is 0.482. The zero-order valence-electron chi connectivity index (χ0n) is 43.8. The highest BCUT2D eigenvalue weighted by Gasteiger charge is 2.32. The molecule has 21 heteroatoms. The van der Waals surface area contributed by atoms with Gasteiger partial charge in [0.05, 0.1) is 102 Å². The van der Waals surface area contributed by atoms with Crippen molar-refractivity contribution in [1.29, 1.82) is 0 Å². The van der Waals surface area contributed by atoms with Gasteiger partial charge in [-0.1, -0.05) is 67.6 Å². The summed E-state index contributed by atoms with van der Waals surface area (Å²) in [7, 11) is 0.